The van der Waals surface area contributed by atoms with Crippen LogP contribution in [0.4, 0.5) is 5.69 Å². The summed E-state index contributed by atoms with van der Waals surface area (Å²) in [6, 6.07) is 19.6. The zero-order valence-electron chi connectivity index (χ0n) is 20.1. The van der Waals surface area contributed by atoms with Crippen molar-refractivity contribution in [2.45, 2.75) is 45.8 Å². The fourth-order valence-electron chi connectivity index (χ4n) is 4.16. The minimum absolute atomic E-state index is 0.0643. The van der Waals surface area contributed by atoms with Gasteiger partial charge in [0.25, 0.3) is 0 Å². The number of pyridine rings is 1. The van der Waals surface area contributed by atoms with E-state index < -0.39 is 18.3 Å². The maximum Gasteiger partial charge on any atom is 0.494 e. The zero-order valence-corrected chi connectivity index (χ0v) is 20.1. The van der Waals surface area contributed by atoms with Gasteiger partial charge >= 0.3 is 7.12 Å². The predicted molar refractivity (Wildman–Crippen MR) is 136 cm³/mol. The number of hydrogen-bond donors (Lipinski definition) is 2. The van der Waals surface area contributed by atoms with Gasteiger partial charge in [0.15, 0.2) is 5.88 Å². The number of rotatable bonds is 4. The Morgan fingerprint density at radius 3 is 2.35 bits per heavy atom. The molecule has 5 rings (SSSR count). The monoisotopic (exact) mass is 453 g/mol. The normalized spacial score (nSPS) is 17.4. The highest BCUT2D eigenvalue weighted by Crippen LogP contribution is 2.37. The van der Waals surface area contributed by atoms with Crippen molar-refractivity contribution in [1.82, 2.24) is 9.97 Å². The molecular weight excluding hydrogens is 425 g/mol. The van der Waals surface area contributed by atoms with E-state index in [2.05, 4.69) is 9.97 Å². The number of H-pyrrole nitrogens is 1. The minimum atomic E-state index is -0.481. The van der Waals surface area contributed by atoms with Gasteiger partial charge in [-0.2, -0.15) is 0 Å². The van der Waals surface area contributed by atoms with E-state index in [0.717, 1.165) is 33.3 Å². The number of nitrogens with one attached hydrogen (secondary N) is 1. The number of benzene rings is 2. The lowest BCUT2D eigenvalue weighted by molar-refractivity contribution is 0.00578. The van der Waals surface area contributed by atoms with Gasteiger partial charge in [0, 0.05) is 28.4 Å². The first-order chi connectivity index (χ1) is 16.1. The van der Waals surface area contributed by atoms with E-state index in [1.54, 1.807) is 6.20 Å². The second kappa shape index (κ2) is 8.11. The number of hydrogen-bond acceptors (Lipinski definition) is 5. The highest BCUT2D eigenvalue weighted by atomic mass is 16.7. The van der Waals surface area contributed by atoms with Gasteiger partial charge in [-0.05, 0) is 58.3 Å². The summed E-state index contributed by atoms with van der Waals surface area (Å²) in [5.74, 6) is 0.0643. The van der Waals surface area contributed by atoms with Crippen LogP contribution in [-0.2, 0) is 9.31 Å². The molecule has 0 unspecified atom stereocenters. The van der Waals surface area contributed by atoms with Crippen molar-refractivity contribution in [3.05, 3.63) is 83.7 Å². The number of aromatic nitrogens is 2. The molecule has 0 aliphatic carbocycles. The number of aromatic hydroxyl groups is 1. The molecule has 3 heterocycles. The fraction of sp³-hybridized carbons (Fsp3) is 0.259. The molecule has 0 radical (unpaired) electrons. The zero-order chi connectivity index (χ0) is 24.1. The van der Waals surface area contributed by atoms with Gasteiger partial charge in [-0.25, -0.2) is 4.99 Å². The first-order valence-corrected chi connectivity index (χ1v) is 11.4. The molecule has 0 bridgehead atoms. The highest BCUT2D eigenvalue weighted by Gasteiger charge is 2.51. The number of aromatic amines is 1. The van der Waals surface area contributed by atoms with Crippen molar-refractivity contribution in [2.75, 3.05) is 0 Å². The summed E-state index contributed by atoms with van der Waals surface area (Å²) in [6.07, 6.45) is 1.74. The summed E-state index contributed by atoms with van der Waals surface area (Å²) < 4.78 is 12.4. The first-order valence-electron chi connectivity index (χ1n) is 11.4. The quantitative estimate of drug-likeness (QED) is 0.335. The summed E-state index contributed by atoms with van der Waals surface area (Å²) in [5, 5.41) is 11.9. The standard InChI is InChI=1S/C27H28BN3O3/c1-17-15-20(13-14-29-17)30-24(18-9-7-6-8-10-18)23-21-12-11-19(16-22(21)31-25(23)32)28-33-26(2,3)27(4,5)34-28/h6-16,31-32H,1-5H3. The van der Waals surface area contributed by atoms with Crippen LogP contribution in [0.1, 0.15) is 44.5 Å². The molecule has 172 valence electrons. The lowest BCUT2D eigenvalue weighted by atomic mass is 9.78. The lowest BCUT2D eigenvalue weighted by Crippen LogP contribution is -2.41. The molecule has 0 amide bonds. The number of nitrogens with zero attached hydrogens (tertiary/aromatic N) is 2. The van der Waals surface area contributed by atoms with Gasteiger partial charge in [0.05, 0.1) is 28.2 Å². The fourth-order valence-corrected chi connectivity index (χ4v) is 4.16. The molecular formula is C27H28BN3O3. The number of fused-ring (bicyclic) bond motifs is 1. The smallest absolute Gasteiger partial charge is 0.494 e. The maximum atomic E-state index is 11.0. The summed E-state index contributed by atoms with van der Waals surface area (Å²) in [6.45, 7) is 10.1. The molecule has 1 aliphatic rings. The van der Waals surface area contributed by atoms with Crippen molar-refractivity contribution in [3.63, 3.8) is 0 Å². The van der Waals surface area contributed by atoms with Crippen molar-refractivity contribution in [3.8, 4) is 5.88 Å². The van der Waals surface area contributed by atoms with Crippen LogP contribution < -0.4 is 5.46 Å². The number of aliphatic imine (C=N–C) groups is 1. The van der Waals surface area contributed by atoms with E-state index >= 15 is 0 Å². The summed E-state index contributed by atoms with van der Waals surface area (Å²) in [7, 11) is -0.481. The van der Waals surface area contributed by atoms with Crippen LogP contribution in [0.2, 0.25) is 0 Å². The predicted octanol–water partition coefficient (Wildman–Crippen LogP) is 5.05. The van der Waals surface area contributed by atoms with Crippen LogP contribution >= 0.6 is 0 Å². The molecule has 2 N–H and O–H groups in total. The highest BCUT2D eigenvalue weighted by molar-refractivity contribution is 6.62. The molecule has 34 heavy (non-hydrogen) atoms. The third kappa shape index (κ3) is 3.91. The largest absolute Gasteiger partial charge is 0.494 e. The van der Waals surface area contributed by atoms with Crippen LogP contribution in [0.5, 0.6) is 5.88 Å². The average Bonchev–Trinajstić information content (AvgIpc) is 3.23. The van der Waals surface area contributed by atoms with E-state index in [9.17, 15) is 5.11 Å². The second-order valence-electron chi connectivity index (χ2n) is 9.72. The van der Waals surface area contributed by atoms with Crippen molar-refractivity contribution < 1.29 is 14.4 Å². The van der Waals surface area contributed by atoms with Crippen LogP contribution in [0, 0.1) is 6.92 Å². The Morgan fingerprint density at radius 2 is 1.68 bits per heavy atom. The van der Waals surface area contributed by atoms with Crippen molar-refractivity contribution in [2.24, 2.45) is 4.99 Å². The van der Waals surface area contributed by atoms with Crippen molar-refractivity contribution >= 4 is 34.9 Å². The molecule has 0 spiro atoms. The Morgan fingerprint density at radius 1 is 0.971 bits per heavy atom. The van der Waals surface area contributed by atoms with Crippen molar-refractivity contribution in [1.29, 1.82) is 0 Å². The van der Waals surface area contributed by atoms with Crippen LogP contribution in [0.15, 0.2) is 71.9 Å². The maximum absolute atomic E-state index is 11.0. The number of aryl methyl sites for hydroxylation is 1. The van der Waals surface area contributed by atoms with E-state index in [1.165, 1.54) is 0 Å². The Hall–Kier alpha value is -3.42. The molecule has 4 aromatic rings. The van der Waals surface area contributed by atoms with Gasteiger partial charge in [-0.1, -0.05) is 42.5 Å². The van der Waals surface area contributed by atoms with E-state index in [1.807, 2.05) is 95.3 Å². The molecule has 2 aromatic heterocycles. The van der Waals surface area contributed by atoms with Crippen LogP contribution in [-0.4, -0.2) is 39.1 Å². The Kier molecular flexibility index (Phi) is 5.34. The third-order valence-corrected chi connectivity index (χ3v) is 6.73. The topological polar surface area (TPSA) is 79.7 Å². The summed E-state index contributed by atoms with van der Waals surface area (Å²) in [4.78, 5) is 12.3. The Bertz CT molecular complexity index is 1380. The van der Waals surface area contributed by atoms with Gasteiger partial charge in [0.2, 0.25) is 0 Å². The van der Waals surface area contributed by atoms with Crippen LogP contribution in [0.3, 0.4) is 0 Å². The van der Waals surface area contributed by atoms with E-state index in [4.69, 9.17) is 14.3 Å². The van der Waals surface area contributed by atoms with Gasteiger partial charge in [-0.15, -0.1) is 0 Å². The molecule has 1 aliphatic heterocycles. The van der Waals surface area contributed by atoms with E-state index in [0.29, 0.717) is 11.3 Å². The molecule has 6 nitrogen and oxygen atoms in total. The molecule has 2 aromatic carbocycles. The molecule has 0 atom stereocenters. The average molecular weight is 453 g/mol. The van der Waals surface area contributed by atoms with Gasteiger partial charge in [-0.3, -0.25) is 4.98 Å². The molecule has 1 fully saturated rings. The summed E-state index contributed by atoms with van der Waals surface area (Å²) in [5.41, 5.74) is 4.71. The second-order valence-corrected chi connectivity index (χ2v) is 9.72. The van der Waals surface area contributed by atoms with E-state index in [-0.39, 0.29) is 5.88 Å². The van der Waals surface area contributed by atoms with Gasteiger partial charge < -0.3 is 19.4 Å². The third-order valence-electron chi connectivity index (χ3n) is 6.73. The molecule has 7 heteroatoms. The van der Waals surface area contributed by atoms with Gasteiger partial charge in [0.1, 0.15) is 0 Å². The minimum Gasteiger partial charge on any atom is -0.494 e. The first kappa shape index (κ1) is 22.4. The van der Waals surface area contributed by atoms with Crippen LogP contribution in [0.25, 0.3) is 10.9 Å². The summed E-state index contributed by atoms with van der Waals surface area (Å²) >= 11 is 0. The molecule has 1 saturated heterocycles. The Balaban J connectivity index is 1.62. The Labute approximate surface area is 199 Å². The molecule has 0 saturated carbocycles. The SMILES string of the molecule is Cc1cc(N=C(c2ccccc2)c2c(O)[nH]c3cc(B4OC(C)(C)C(C)(C)O4)ccc23)ccn1. The lowest BCUT2D eigenvalue weighted by Gasteiger charge is -2.32.